The average Bonchev–Trinajstić information content (AvgIpc) is 2.92. The number of carboxylic acids is 1. The standard InChI is InChI=1S/C35H41F3O3/c1-2-3-4-15-41-32-19-24(11-13-31(32)34-21-25-16-26(22-34)18-27(17-25)23-34)7-5-8-28(12-14-33(39)40)29-9-6-10-30(20-29)35(36,37)38/h6,8-14,19-20,25-27H,2-5,7,15-18,21-23H2,1H3,(H,39,40)/b14-12?,28-8-. The molecule has 41 heavy (non-hydrogen) atoms. The van der Waals surface area contributed by atoms with Crippen molar-refractivity contribution in [3.8, 4) is 5.75 Å². The van der Waals surface area contributed by atoms with Crippen molar-refractivity contribution in [2.24, 2.45) is 17.8 Å². The van der Waals surface area contributed by atoms with Gasteiger partial charge in [0.25, 0.3) is 0 Å². The number of carbonyl (C=O) groups is 1. The first-order valence-corrected chi connectivity index (χ1v) is 15.2. The van der Waals surface area contributed by atoms with Gasteiger partial charge < -0.3 is 9.84 Å². The number of alkyl halides is 3. The molecule has 4 aliphatic rings. The third kappa shape index (κ3) is 7.07. The summed E-state index contributed by atoms with van der Waals surface area (Å²) in [4.78, 5) is 11.2. The van der Waals surface area contributed by atoms with Gasteiger partial charge in [0.05, 0.1) is 12.2 Å². The minimum Gasteiger partial charge on any atom is -0.493 e. The van der Waals surface area contributed by atoms with Crippen LogP contribution in [0.3, 0.4) is 0 Å². The largest absolute Gasteiger partial charge is 0.493 e. The van der Waals surface area contributed by atoms with Crippen LogP contribution in [0.5, 0.6) is 5.75 Å². The Morgan fingerprint density at radius 1 is 1.00 bits per heavy atom. The summed E-state index contributed by atoms with van der Waals surface area (Å²) in [6.07, 6.45) is 12.2. The highest BCUT2D eigenvalue weighted by molar-refractivity contribution is 5.85. The lowest BCUT2D eigenvalue weighted by Crippen LogP contribution is -2.48. The van der Waals surface area contributed by atoms with E-state index in [2.05, 4.69) is 25.1 Å². The molecule has 3 nitrogen and oxygen atoms in total. The lowest BCUT2D eigenvalue weighted by Gasteiger charge is -2.57. The summed E-state index contributed by atoms with van der Waals surface area (Å²) in [5.41, 5.74) is 2.77. The molecule has 0 aliphatic heterocycles. The van der Waals surface area contributed by atoms with Crippen molar-refractivity contribution >= 4 is 11.5 Å². The summed E-state index contributed by atoms with van der Waals surface area (Å²) >= 11 is 0. The molecule has 4 fully saturated rings. The second-order valence-corrected chi connectivity index (χ2v) is 12.5. The Balaban J connectivity index is 1.38. The third-order valence-corrected chi connectivity index (χ3v) is 9.39. The number of ether oxygens (including phenoxy) is 1. The number of halogens is 3. The van der Waals surface area contributed by atoms with E-state index in [1.54, 1.807) is 6.07 Å². The molecule has 0 atom stereocenters. The normalized spacial score (nSPS) is 25.7. The minimum atomic E-state index is -4.47. The highest BCUT2D eigenvalue weighted by Gasteiger charge is 2.52. The van der Waals surface area contributed by atoms with E-state index in [9.17, 15) is 18.0 Å². The zero-order valence-corrected chi connectivity index (χ0v) is 23.9. The average molecular weight is 567 g/mol. The molecule has 220 valence electrons. The second-order valence-electron chi connectivity index (χ2n) is 12.5. The minimum absolute atomic E-state index is 0.228. The first-order chi connectivity index (χ1) is 19.6. The number of carboxylic acid groups (broad SMARTS) is 1. The van der Waals surface area contributed by atoms with E-state index < -0.39 is 17.7 Å². The van der Waals surface area contributed by atoms with Gasteiger partial charge in [-0.2, -0.15) is 13.2 Å². The van der Waals surface area contributed by atoms with Crippen molar-refractivity contribution in [2.45, 2.75) is 89.1 Å². The molecule has 6 rings (SSSR count). The first kappa shape index (κ1) is 29.5. The third-order valence-electron chi connectivity index (χ3n) is 9.39. The number of aliphatic carboxylic acids is 1. The summed E-state index contributed by atoms with van der Waals surface area (Å²) in [5.74, 6) is 2.38. The molecule has 0 unspecified atom stereocenters. The smallest absolute Gasteiger partial charge is 0.416 e. The van der Waals surface area contributed by atoms with E-state index in [1.807, 2.05) is 6.08 Å². The summed E-state index contributed by atoms with van der Waals surface area (Å²) in [6, 6.07) is 11.7. The number of benzene rings is 2. The lowest BCUT2D eigenvalue weighted by molar-refractivity contribution is -0.137. The SMILES string of the molecule is CCCCCOc1cc(CC/C=C(/C=CC(=O)O)c2cccc(C(F)(F)F)c2)ccc1C12CC3CC(CC(C3)C1)C2. The Morgan fingerprint density at radius 3 is 2.34 bits per heavy atom. The highest BCUT2D eigenvalue weighted by Crippen LogP contribution is 2.62. The predicted octanol–water partition coefficient (Wildman–Crippen LogP) is 9.40. The summed E-state index contributed by atoms with van der Waals surface area (Å²) < 4.78 is 46.4. The Labute approximate surface area is 241 Å². The first-order valence-electron chi connectivity index (χ1n) is 15.2. The van der Waals surface area contributed by atoms with Gasteiger partial charge >= 0.3 is 12.1 Å². The van der Waals surface area contributed by atoms with E-state index in [-0.39, 0.29) is 5.41 Å². The Morgan fingerprint density at radius 2 is 1.71 bits per heavy atom. The van der Waals surface area contributed by atoms with Crippen LogP contribution >= 0.6 is 0 Å². The molecule has 2 aromatic rings. The van der Waals surface area contributed by atoms with Gasteiger partial charge in [0.1, 0.15) is 5.75 Å². The number of unbranched alkanes of at least 4 members (excludes halogenated alkanes) is 2. The van der Waals surface area contributed by atoms with E-state index in [0.717, 1.165) is 66.5 Å². The fourth-order valence-corrected chi connectivity index (χ4v) is 7.97. The van der Waals surface area contributed by atoms with Crippen LogP contribution in [0.4, 0.5) is 13.2 Å². The fraction of sp³-hybridized carbons (Fsp3) is 0.514. The van der Waals surface area contributed by atoms with Crippen molar-refractivity contribution in [3.05, 3.63) is 82.9 Å². The molecule has 4 aliphatic carbocycles. The molecule has 0 spiro atoms. The van der Waals surface area contributed by atoms with Gasteiger partial charge in [-0.25, -0.2) is 4.79 Å². The monoisotopic (exact) mass is 566 g/mol. The van der Waals surface area contributed by atoms with E-state index in [4.69, 9.17) is 9.84 Å². The van der Waals surface area contributed by atoms with Gasteiger partial charge in [-0.3, -0.25) is 0 Å². The summed E-state index contributed by atoms with van der Waals surface area (Å²) in [6.45, 7) is 2.89. The van der Waals surface area contributed by atoms with Crippen molar-refractivity contribution in [1.82, 2.24) is 0 Å². The number of rotatable bonds is 12. The molecule has 6 heteroatoms. The van der Waals surface area contributed by atoms with Crippen LogP contribution < -0.4 is 4.74 Å². The highest BCUT2D eigenvalue weighted by atomic mass is 19.4. The van der Waals surface area contributed by atoms with Gasteiger partial charge in [-0.1, -0.05) is 50.1 Å². The molecule has 4 saturated carbocycles. The Kier molecular flexibility index (Phi) is 8.96. The molecule has 2 aromatic carbocycles. The van der Waals surface area contributed by atoms with Crippen LogP contribution in [-0.4, -0.2) is 17.7 Å². The molecule has 1 N–H and O–H groups in total. The summed E-state index contributed by atoms with van der Waals surface area (Å²) in [7, 11) is 0. The van der Waals surface area contributed by atoms with Crippen molar-refractivity contribution in [3.63, 3.8) is 0 Å². The van der Waals surface area contributed by atoms with Crippen LogP contribution in [0, 0.1) is 17.8 Å². The number of hydrogen-bond donors (Lipinski definition) is 1. The Hall–Kier alpha value is -3.02. The van der Waals surface area contributed by atoms with E-state index in [1.165, 1.54) is 56.2 Å². The van der Waals surface area contributed by atoms with Gasteiger partial charge in [0, 0.05) is 11.6 Å². The van der Waals surface area contributed by atoms with Crippen LogP contribution in [0.25, 0.3) is 5.57 Å². The van der Waals surface area contributed by atoms with Crippen molar-refractivity contribution < 1.29 is 27.8 Å². The molecule has 0 saturated heterocycles. The zero-order chi connectivity index (χ0) is 29.0. The maximum absolute atomic E-state index is 13.3. The van der Waals surface area contributed by atoms with Crippen molar-refractivity contribution in [1.29, 1.82) is 0 Å². The van der Waals surface area contributed by atoms with Crippen molar-refractivity contribution in [2.75, 3.05) is 6.61 Å². The van der Waals surface area contributed by atoms with Gasteiger partial charge in [0.2, 0.25) is 0 Å². The number of hydrogen-bond acceptors (Lipinski definition) is 2. The molecule has 4 bridgehead atoms. The van der Waals surface area contributed by atoms with E-state index in [0.29, 0.717) is 30.6 Å². The predicted molar refractivity (Wildman–Crippen MR) is 156 cm³/mol. The molecule has 0 radical (unpaired) electrons. The topological polar surface area (TPSA) is 46.5 Å². The van der Waals surface area contributed by atoms with Crippen LogP contribution in [0.1, 0.15) is 93.4 Å². The fourth-order valence-electron chi connectivity index (χ4n) is 7.97. The zero-order valence-electron chi connectivity index (χ0n) is 23.9. The quantitative estimate of drug-likeness (QED) is 0.158. The van der Waals surface area contributed by atoms with Gasteiger partial charge in [-0.05, 0) is 122 Å². The van der Waals surface area contributed by atoms with Gasteiger partial charge in [-0.15, -0.1) is 0 Å². The number of aryl methyl sites for hydroxylation is 1. The summed E-state index contributed by atoms with van der Waals surface area (Å²) in [5, 5.41) is 9.14. The van der Waals surface area contributed by atoms with E-state index >= 15 is 0 Å². The molecule has 0 amide bonds. The van der Waals surface area contributed by atoms with Gasteiger partial charge in [0.15, 0.2) is 0 Å². The lowest BCUT2D eigenvalue weighted by atomic mass is 9.48. The van der Waals surface area contributed by atoms with Crippen LogP contribution in [0.2, 0.25) is 0 Å². The number of allylic oxidation sites excluding steroid dienone is 3. The second kappa shape index (κ2) is 12.5. The molecular formula is C35H41F3O3. The maximum Gasteiger partial charge on any atom is 0.416 e. The maximum atomic E-state index is 13.3. The molecular weight excluding hydrogens is 525 g/mol. The molecule has 0 heterocycles. The van der Waals surface area contributed by atoms with Crippen LogP contribution in [-0.2, 0) is 22.8 Å². The van der Waals surface area contributed by atoms with Crippen LogP contribution in [0.15, 0.2) is 60.7 Å². The molecule has 0 aromatic heterocycles. The Bertz CT molecular complexity index is 1250.